The highest BCUT2D eigenvalue weighted by Gasteiger charge is 2.26. The summed E-state index contributed by atoms with van der Waals surface area (Å²) in [7, 11) is 0. The molecule has 0 saturated heterocycles. The van der Waals surface area contributed by atoms with Gasteiger partial charge in [-0.3, -0.25) is 0 Å². The summed E-state index contributed by atoms with van der Waals surface area (Å²) in [5, 5.41) is 10.6. The van der Waals surface area contributed by atoms with Crippen LogP contribution in [0.2, 0.25) is 0 Å². The van der Waals surface area contributed by atoms with Crippen LogP contribution in [0.15, 0.2) is 30.3 Å². The summed E-state index contributed by atoms with van der Waals surface area (Å²) in [5.41, 5.74) is 7.52. The van der Waals surface area contributed by atoms with Gasteiger partial charge in [0.05, 0.1) is 0 Å². The van der Waals surface area contributed by atoms with E-state index in [1.54, 1.807) is 0 Å². The van der Waals surface area contributed by atoms with Crippen molar-refractivity contribution in [3.05, 3.63) is 52.6 Å². The SMILES string of the molecule is CC(C)(C)c1cc(O)c2c(c1)Cc1ccc(C(C)(C)C)cc1-2. The molecule has 0 aromatic heterocycles. The Labute approximate surface area is 134 Å². The molecule has 0 atom stereocenters. The molecule has 1 aliphatic rings. The van der Waals surface area contributed by atoms with Crippen LogP contribution < -0.4 is 0 Å². The quantitative estimate of drug-likeness (QED) is 0.575. The van der Waals surface area contributed by atoms with Gasteiger partial charge in [-0.2, -0.15) is 0 Å². The average molecular weight is 294 g/mol. The Morgan fingerprint density at radius 3 is 2.00 bits per heavy atom. The molecule has 0 spiro atoms. The van der Waals surface area contributed by atoms with Crippen molar-refractivity contribution < 1.29 is 5.11 Å². The van der Waals surface area contributed by atoms with E-state index < -0.39 is 0 Å². The highest BCUT2D eigenvalue weighted by molar-refractivity contribution is 5.82. The zero-order valence-corrected chi connectivity index (χ0v) is 14.5. The lowest BCUT2D eigenvalue weighted by Crippen LogP contribution is -2.11. The smallest absolute Gasteiger partial charge is 0.123 e. The molecule has 0 radical (unpaired) electrons. The van der Waals surface area contributed by atoms with Gasteiger partial charge >= 0.3 is 0 Å². The van der Waals surface area contributed by atoms with Crippen molar-refractivity contribution in [2.45, 2.75) is 58.8 Å². The number of phenolic OH excluding ortho intramolecular Hbond substituents is 1. The second-order valence-electron chi connectivity index (χ2n) is 8.58. The molecule has 1 heteroatoms. The van der Waals surface area contributed by atoms with E-state index in [-0.39, 0.29) is 10.8 Å². The molecule has 1 nitrogen and oxygen atoms in total. The maximum Gasteiger partial charge on any atom is 0.123 e. The van der Waals surface area contributed by atoms with Crippen molar-refractivity contribution in [1.82, 2.24) is 0 Å². The molecule has 2 aromatic carbocycles. The van der Waals surface area contributed by atoms with E-state index in [0.29, 0.717) is 5.75 Å². The number of phenols is 1. The Bertz CT molecular complexity index is 740. The Hall–Kier alpha value is -1.76. The first-order valence-corrected chi connectivity index (χ1v) is 8.07. The van der Waals surface area contributed by atoms with E-state index in [1.807, 2.05) is 6.07 Å². The monoisotopic (exact) mass is 294 g/mol. The Kier molecular flexibility index (Phi) is 3.18. The van der Waals surface area contributed by atoms with Crippen molar-refractivity contribution in [2.24, 2.45) is 0 Å². The lowest BCUT2D eigenvalue weighted by molar-refractivity contribution is 0.472. The second-order valence-corrected chi connectivity index (χ2v) is 8.58. The van der Waals surface area contributed by atoms with Crippen molar-refractivity contribution >= 4 is 0 Å². The van der Waals surface area contributed by atoms with Gasteiger partial charge in [-0.15, -0.1) is 0 Å². The number of rotatable bonds is 0. The fourth-order valence-corrected chi connectivity index (χ4v) is 3.20. The van der Waals surface area contributed by atoms with E-state index in [4.69, 9.17) is 0 Å². The van der Waals surface area contributed by atoms with Crippen LogP contribution in [0.1, 0.15) is 63.8 Å². The van der Waals surface area contributed by atoms with E-state index in [1.165, 1.54) is 27.8 Å². The van der Waals surface area contributed by atoms with Crippen molar-refractivity contribution in [3.8, 4) is 16.9 Å². The lowest BCUT2D eigenvalue weighted by Gasteiger charge is -2.21. The van der Waals surface area contributed by atoms with E-state index in [2.05, 4.69) is 65.8 Å². The van der Waals surface area contributed by atoms with Gasteiger partial charge in [-0.25, -0.2) is 0 Å². The lowest BCUT2D eigenvalue weighted by atomic mass is 9.84. The van der Waals surface area contributed by atoms with E-state index >= 15 is 0 Å². The number of hydrogen-bond donors (Lipinski definition) is 1. The van der Waals surface area contributed by atoms with Gasteiger partial charge in [0.2, 0.25) is 0 Å². The second kappa shape index (κ2) is 4.62. The summed E-state index contributed by atoms with van der Waals surface area (Å²) < 4.78 is 0. The van der Waals surface area contributed by atoms with Gasteiger partial charge in [0, 0.05) is 5.56 Å². The number of benzene rings is 2. The van der Waals surface area contributed by atoms with Gasteiger partial charge in [-0.1, -0.05) is 65.8 Å². The maximum atomic E-state index is 10.6. The zero-order valence-electron chi connectivity index (χ0n) is 14.5. The van der Waals surface area contributed by atoms with Crippen molar-refractivity contribution in [2.75, 3.05) is 0 Å². The summed E-state index contributed by atoms with van der Waals surface area (Å²) in [5.74, 6) is 0.423. The molecule has 2 aromatic rings. The molecule has 1 N–H and O–H groups in total. The van der Waals surface area contributed by atoms with Crippen LogP contribution in [-0.2, 0) is 17.3 Å². The van der Waals surface area contributed by atoms with Crippen LogP contribution in [0.25, 0.3) is 11.1 Å². The van der Waals surface area contributed by atoms with Gasteiger partial charge in [0.25, 0.3) is 0 Å². The Balaban J connectivity index is 2.17. The van der Waals surface area contributed by atoms with Gasteiger partial charge in [-0.05, 0) is 51.1 Å². The van der Waals surface area contributed by atoms with Crippen LogP contribution in [0.3, 0.4) is 0 Å². The predicted molar refractivity (Wildman–Crippen MR) is 93.7 cm³/mol. The molecule has 1 aliphatic carbocycles. The number of hydrogen-bond acceptors (Lipinski definition) is 1. The third-order valence-corrected chi connectivity index (χ3v) is 4.69. The number of fused-ring (bicyclic) bond motifs is 3. The molecule has 0 heterocycles. The summed E-state index contributed by atoms with van der Waals surface area (Å²) in [6.45, 7) is 13.3. The predicted octanol–water partition coefficient (Wildman–Crippen LogP) is 5.56. The first-order chi connectivity index (χ1) is 10.1. The van der Waals surface area contributed by atoms with E-state index in [9.17, 15) is 5.11 Å². The average Bonchev–Trinajstić information content (AvgIpc) is 2.74. The maximum absolute atomic E-state index is 10.6. The summed E-state index contributed by atoms with van der Waals surface area (Å²) in [6.07, 6.45) is 0.923. The molecule has 0 aliphatic heterocycles. The molecular weight excluding hydrogens is 268 g/mol. The minimum atomic E-state index is 0.0534. The molecular formula is C21H26O. The summed E-state index contributed by atoms with van der Waals surface area (Å²) >= 11 is 0. The summed E-state index contributed by atoms with van der Waals surface area (Å²) in [6, 6.07) is 10.9. The van der Waals surface area contributed by atoms with E-state index in [0.717, 1.165) is 12.0 Å². The highest BCUT2D eigenvalue weighted by Crippen LogP contribution is 2.45. The highest BCUT2D eigenvalue weighted by atomic mass is 16.3. The van der Waals surface area contributed by atoms with Crippen molar-refractivity contribution in [1.29, 1.82) is 0 Å². The zero-order chi connectivity index (χ0) is 16.3. The third-order valence-electron chi connectivity index (χ3n) is 4.69. The summed E-state index contributed by atoms with van der Waals surface area (Å²) in [4.78, 5) is 0. The fourth-order valence-electron chi connectivity index (χ4n) is 3.20. The minimum Gasteiger partial charge on any atom is -0.507 e. The van der Waals surface area contributed by atoms with Crippen LogP contribution in [0.4, 0.5) is 0 Å². The molecule has 0 bridgehead atoms. The molecule has 116 valence electrons. The molecule has 3 rings (SSSR count). The minimum absolute atomic E-state index is 0.0534. The molecule has 0 fully saturated rings. The van der Waals surface area contributed by atoms with Crippen LogP contribution in [0, 0.1) is 0 Å². The van der Waals surface area contributed by atoms with Crippen LogP contribution in [-0.4, -0.2) is 5.11 Å². The fraction of sp³-hybridized carbons (Fsp3) is 0.429. The number of aromatic hydroxyl groups is 1. The first-order valence-electron chi connectivity index (χ1n) is 8.07. The topological polar surface area (TPSA) is 20.2 Å². The molecule has 22 heavy (non-hydrogen) atoms. The van der Waals surface area contributed by atoms with Gasteiger partial charge < -0.3 is 5.11 Å². The molecule has 0 amide bonds. The Morgan fingerprint density at radius 1 is 0.773 bits per heavy atom. The third kappa shape index (κ3) is 2.43. The molecule has 0 unspecified atom stereocenters. The molecule has 0 saturated carbocycles. The first kappa shape index (κ1) is 15.1. The van der Waals surface area contributed by atoms with Gasteiger partial charge in [0.15, 0.2) is 0 Å². The van der Waals surface area contributed by atoms with Crippen molar-refractivity contribution in [3.63, 3.8) is 0 Å². The normalized spacial score (nSPS) is 13.9. The van der Waals surface area contributed by atoms with Gasteiger partial charge in [0.1, 0.15) is 5.75 Å². The van der Waals surface area contributed by atoms with Crippen LogP contribution in [0.5, 0.6) is 5.75 Å². The standard InChI is InChI=1S/C21H26O/c1-20(2,3)15-8-7-13-9-14-10-16(21(4,5)6)12-18(22)19(14)17(13)11-15/h7-8,10-12,22H,9H2,1-6H3. The Morgan fingerprint density at radius 2 is 1.41 bits per heavy atom. The largest absolute Gasteiger partial charge is 0.507 e. The van der Waals surface area contributed by atoms with Crippen LogP contribution >= 0.6 is 0 Å².